The lowest BCUT2D eigenvalue weighted by molar-refractivity contribution is -0.147. The highest BCUT2D eigenvalue weighted by Crippen LogP contribution is 2.34. The standard InChI is InChI=1S/C20H20N2O3S/c1-2-13(12-7-4-3-5-8-12)20(24)25-11-16-21-18(23)17-14-9-6-10-15(14)26-19(17)22-16/h3-5,7-8,13H,2,6,9-11H2,1H3,(H,21,22,23)/t13-/m0/s1. The SMILES string of the molecule is CC[C@H](C(=O)OCc1nc2sc3c(c2c(=O)[nH]1)CCC3)c1ccccc1. The predicted molar refractivity (Wildman–Crippen MR) is 102 cm³/mol. The molecule has 1 aliphatic rings. The van der Waals surface area contributed by atoms with E-state index in [0.717, 1.165) is 35.2 Å². The number of benzene rings is 1. The molecule has 5 nitrogen and oxygen atoms in total. The van der Waals surface area contributed by atoms with E-state index in [4.69, 9.17) is 4.74 Å². The van der Waals surface area contributed by atoms with Gasteiger partial charge in [0.2, 0.25) is 0 Å². The maximum Gasteiger partial charge on any atom is 0.313 e. The molecule has 2 aromatic heterocycles. The minimum atomic E-state index is -0.308. The molecule has 6 heteroatoms. The first-order valence-corrected chi connectivity index (χ1v) is 9.74. The zero-order valence-electron chi connectivity index (χ0n) is 14.6. The Morgan fingerprint density at radius 1 is 1.31 bits per heavy atom. The van der Waals surface area contributed by atoms with Gasteiger partial charge < -0.3 is 9.72 Å². The van der Waals surface area contributed by atoms with Crippen molar-refractivity contribution in [3.8, 4) is 0 Å². The van der Waals surface area contributed by atoms with Crippen molar-refractivity contribution in [2.75, 3.05) is 0 Å². The molecule has 134 valence electrons. The van der Waals surface area contributed by atoms with Crippen LogP contribution >= 0.6 is 11.3 Å². The normalized spacial score (nSPS) is 14.3. The molecule has 1 N–H and O–H groups in total. The maximum atomic E-state index is 12.5. The summed E-state index contributed by atoms with van der Waals surface area (Å²) in [5, 5.41) is 0.716. The summed E-state index contributed by atoms with van der Waals surface area (Å²) < 4.78 is 5.45. The van der Waals surface area contributed by atoms with Gasteiger partial charge in [-0.15, -0.1) is 11.3 Å². The molecule has 3 aromatic rings. The Balaban J connectivity index is 1.52. The fourth-order valence-corrected chi connectivity index (χ4v) is 4.86. The van der Waals surface area contributed by atoms with Gasteiger partial charge >= 0.3 is 5.97 Å². The van der Waals surface area contributed by atoms with Crippen LogP contribution < -0.4 is 5.56 Å². The molecule has 1 atom stereocenters. The number of thiophene rings is 1. The zero-order chi connectivity index (χ0) is 18.1. The van der Waals surface area contributed by atoms with Gasteiger partial charge in [-0.25, -0.2) is 4.98 Å². The average Bonchev–Trinajstić information content (AvgIpc) is 3.22. The second-order valence-corrected chi connectivity index (χ2v) is 7.61. The van der Waals surface area contributed by atoms with Crippen molar-refractivity contribution < 1.29 is 9.53 Å². The number of ether oxygens (including phenoxy) is 1. The molecular formula is C20H20N2O3S. The van der Waals surface area contributed by atoms with Crippen molar-refractivity contribution in [2.45, 2.75) is 45.1 Å². The van der Waals surface area contributed by atoms with E-state index in [0.29, 0.717) is 17.6 Å². The number of esters is 1. The number of carbonyl (C=O) groups is 1. The van der Waals surface area contributed by atoms with Crippen LogP contribution in [0.5, 0.6) is 0 Å². The Morgan fingerprint density at radius 2 is 2.12 bits per heavy atom. The van der Waals surface area contributed by atoms with Gasteiger partial charge in [0.25, 0.3) is 5.56 Å². The summed E-state index contributed by atoms with van der Waals surface area (Å²) in [4.78, 5) is 34.2. The van der Waals surface area contributed by atoms with Crippen LogP contribution in [0.15, 0.2) is 35.1 Å². The predicted octanol–water partition coefficient (Wildman–Crippen LogP) is 3.71. The van der Waals surface area contributed by atoms with Crippen LogP contribution in [0.3, 0.4) is 0 Å². The molecule has 0 saturated heterocycles. The second kappa shape index (κ2) is 7.03. The highest BCUT2D eigenvalue weighted by Gasteiger charge is 2.23. The Kier molecular flexibility index (Phi) is 4.59. The van der Waals surface area contributed by atoms with E-state index in [1.807, 2.05) is 37.3 Å². The molecule has 0 saturated carbocycles. The van der Waals surface area contributed by atoms with Crippen molar-refractivity contribution in [1.29, 1.82) is 0 Å². The van der Waals surface area contributed by atoms with Crippen LogP contribution in [0.25, 0.3) is 10.2 Å². The highest BCUT2D eigenvalue weighted by atomic mass is 32.1. The third kappa shape index (κ3) is 3.05. The van der Waals surface area contributed by atoms with E-state index in [9.17, 15) is 9.59 Å². The number of hydrogen-bond acceptors (Lipinski definition) is 5. The summed E-state index contributed by atoms with van der Waals surface area (Å²) in [6.45, 7) is 1.94. The van der Waals surface area contributed by atoms with Crippen molar-refractivity contribution in [1.82, 2.24) is 9.97 Å². The van der Waals surface area contributed by atoms with Gasteiger partial charge in [0.15, 0.2) is 0 Å². The summed E-state index contributed by atoms with van der Waals surface area (Å²) in [6.07, 6.45) is 3.73. The Labute approximate surface area is 155 Å². The lowest BCUT2D eigenvalue weighted by Crippen LogP contribution is -2.18. The van der Waals surface area contributed by atoms with Crippen LogP contribution in [-0.2, 0) is 29.0 Å². The number of aryl methyl sites for hydroxylation is 2. The Hall–Kier alpha value is -2.47. The monoisotopic (exact) mass is 368 g/mol. The topological polar surface area (TPSA) is 72.0 Å². The number of nitrogens with one attached hydrogen (secondary N) is 1. The van der Waals surface area contributed by atoms with E-state index in [-0.39, 0.29) is 24.1 Å². The van der Waals surface area contributed by atoms with Crippen molar-refractivity contribution in [3.05, 3.63) is 62.5 Å². The quantitative estimate of drug-likeness (QED) is 0.697. The summed E-state index contributed by atoms with van der Waals surface area (Å²) in [6, 6.07) is 9.59. The van der Waals surface area contributed by atoms with Gasteiger partial charge in [0.05, 0.1) is 11.3 Å². The molecule has 0 unspecified atom stereocenters. The molecule has 0 radical (unpaired) electrons. The Bertz CT molecular complexity index is 1010. The summed E-state index contributed by atoms with van der Waals surface area (Å²) in [7, 11) is 0. The number of aromatic amines is 1. The third-order valence-corrected chi connectivity index (χ3v) is 6.06. The van der Waals surface area contributed by atoms with Gasteiger partial charge in [0, 0.05) is 4.88 Å². The molecule has 0 bridgehead atoms. The molecule has 4 rings (SSSR count). The summed E-state index contributed by atoms with van der Waals surface area (Å²) in [5.74, 6) is -0.203. The van der Waals surface area contributed by atoms with Crippen LogP contribution in [0.4, 0.5) is 0 Å². The van der Waals surface area contributed by atoms with Crippen LogP contribution in [-0.4, -0.2) is 15.9 Å². The second-order valence-electron chi connectivity index (χ2n) is 6.53. The molecule has 0 fully saturated rings. The highest BCUT2D eigenvalue weighted by molar-refractivity contribution is 7.18. The maximum absolute atomic E-state index is 12.5. The number of H-pyrrole nitrogens is 1. The molecule has 1 aromatic carbocycles. The largest absolute Gasteiger partial charge is 0.457 e. The molecule has 0 aliphatic heterocycles. The Morgan fingerprint density at radius 3 is 2.88 bits per heavy atom. The fraction of sp³-hybridized carbons (Fsp3) is 0.350. The number of hydrogen-bond donors (Lipinski definition) is 1. The van der Waals surface area contributed by atoms with E-state index in [1.165, 1.54) is 4.88 Å². The molecule has 1 aliphatic carbocycles. The first-order chi connectivity index (χ1) is 12.7. The van der Waals surface area contributed by atoms with Gasteiger partial charge in [-0.3, -0.25) is 9.59 Å². The average molecular weight is 368 g/mol. The van der Waals surface area contributed by atoms with E-state index in [1.54, 1.807) is 11.3 Å². The van der Waals surface area contributed by atoms with E-state index in [2.05, 4.69) is 9.97 Å². The van der Waals surface area contributed by atoms with Gasteiger partial charge in [-0.1, -0.05) is 37.3 Å². The van der Waals surface area contributed by atoms with Crippen LogP contribution in [0, 0.1) is 0 Å². The van der Waals surface area contributed by atoms with Crippen LogP contribution in [0.1, 0.15) is 47.5 Å². The number of nitrogens with zero attached hydrogens (tertiary/aromatic N) is 1. The van der Waals surface area contributed by atoms with E-state index < -0.39 is 0 Å². The molecule has 0 amide bonds. The number of fused-ring (bicyclic) bond motifs is 3. The summed E-state index contributed by atoms with van der Waals surface area (Å²) in [5.41, 5.74) is 1.96. The summed E-state index contributed by atoms with van der Waals surface area (Å²) >= 11 is 1.59. The molecule has 26 heavy (non-hydrogen) atoms. The van der Waals surface area contributed by atoms with Crippen molar-refractivity contribution in [2.24, 2.45) is 0 Å². The molecular weight excluding hydrogens is 348 g/mol. The van der Waals surface area contributed by atoms with Crippen molar-refractivity contribution >= 4 is 27.5 Å². The lowest BCUT2D eigenvalue weighted by Gasteiger charge is -2.14. The molecule has 0 spiro atoms. The number of aromatic nitrogens is 2. The number of carbonyl (C=O) groups excluding carboxylic acids is 1. The minimum absolute atomic E-state index is 0.0179. The first-order valence-electron chi connectivity index (χ1n) is 8.92. The first kappa shape index (κ1) is 17.0. The number of rotatable bonds is 5. The molecule has 2 heterocycles. The van der Waals surface area contributed by atoms with Gasteiger partial charge in [-0.05, 0) is 36.8 Å². The zero-order valence-corrected chi connectivity index (χ0v) is 15.4. The van der Waals surface area contributed by atoms with Crippen LogP contribution in [0.2, 0.25) is 0 Å². The minimum Gasteiger partial charge on any atom is -0.457 e. The smallest absolute Gasteiger partial charge is 0.313 e. The third-order valence-electron chi connectivity index (χ3n) is 4.87. The van der Waals surface area contributed by atoms with Gasteiger partial charge in [0.1, 0.15) is 17.3 Å². The van der Waals surface area contributed by atoms with Gasteiger partial charge in [-0.2, -0.15) is 0 Å². The van der Waals surface area contributed by atoms with E-state index >= 15 is 0 Å². The fourth-order valence-electron chi connectivity index (χ4n) is 3.58. The van der Waals surface area contributed by atoms with Crippen molar-refractivity contribution in [3.63, 3.8) is 0 Å². The lowest BCUT2D eigenvalue weighted by atomic mass is 9.97.